The molecular formula is C31H35N3O8S. The number of nitrogens with one attached hydrogen (secondary N) is 1. The summed E-state index contributed by atoms with van der Waals surface area (Å²) in [5.74, 6) is -3.19. The highest BCUT2D eigenvalue weighted by Gasteiger charge is 2.60. The smallest absolute Gasteiger partial charge is 0.353 e. The molecule has 0 aromatic heterocycles. The maximum atomic E-state index is 13.6. The lowest BCUT2D eigenvalue weighted by molar-refractivity contribution is -0.163. The normalized spacial score (nSPS) is 25.7. The number of β-lactam (4-membered cyclic amide) rings is 1. The number of fused-ring (bicyclic) bond motifs is 1. The number of benzene rings is 2. The predicted octanol–water partition coefficient (Wildman–Crippen LogP) is 3.17. The fraction of sp³-hybridized carbons (Fsp3) is 0.419. The number of methoxy groups -OCH3 is 1. The first-order chi connectivity index (χ1) is 20.4. The monoisotopic (exact) mass is 609 g/mol. The molecule has 2 fully saturated rings. The maximum absolute atomic E-state index is 13.6. The third kappa shape index (κ3) is 5.74. The number of carbonyl (C=O) groups is 4. The molecule has 11 nitrogen and oxygen atoms in total. The van der Waals surface area contributed by atoms with Crippen molar-refractivity contribution >= 4 is 41.2 Å². The number of aliphatic hydroxyl groups excluding tert-OH is 1. The Bertz CT molecular complexity index is 1510. The Morgan fingerprint density at radius 3 is 2.53 bits per heavy atom. The molecule has 0 aliphatic carbocycles. The van der Waals surface area contributed by atoms with Crippen LogP contribution in [0.1, 0.15) is 41.8 Å². The Morgan fingerprint density at radius 2 is 1.88 bits per heavy atom. The van der Waals surface area contributed by atoms with Crippen molar-refractivity contribution < 1.29 is 39.2 Å². The van der Waals surface area contributed by atoms with Crippen molar-refractivity contribution in [2.45, 2.75) is 57.2 Å². The van der Waals surface area contributed by atoms with Crippen LogP contribution in [0.2, 0.25) is 0 Å². The van der Waals surface area contributed by atoms with E-state index >= 15 is 0 Å². The zero-order chi connectivity index (χ0) is 31.2. The van der Waals surface area contributed by atoms with Crippen molar-refractivity contribution in [2.75, 3.05) is 19.0 Å². The Balaban J connectivity index is 1.41. The number of anilines is 1. The van der Waals surface area contributed by atoms with E-state index in [1.165, 1.54) is 28.8 Å². The largest absolute Gasteiger partial charge is 0.496 e. The lowest BCUT2D eigenvalue weighted by atomic mass is 9.79. The summed E-state index contributed by atoms with van der Waals surface area (Å²) < 4.78 is 5.49. The number of carbonyl (C=O) groups excluding carboxylic acids is 2. The molecule has 2 saturated heterocycles. The van der Waals surface area contributed by atoms with Gasteiger partial charge in [-0.25, -0.2) is 9.59 Å². The minimum atomic E-state index is -1.19. The highest BCUT2D eigenvalue weighted by molar-refractivity contribution is 8.03. The molecule has 2 amide bonds. The van der Waals surface area contributed by atoms with Gasteiger partial charge in [0.05, 0.1) is 36.8 Å². The third-order valence-electron chi connectivity index (χ3n) is 8.51. The topological polar surface area (TPSA) is 157 Å². The average molecular weight is 610 g/mol. The van der Waals surface area contributed by atoms with E-state index in [1.807, 2.05) is 36.9 Å². The third-order valence-corrected chi connectivity index (χ3v) is 10.0. The first-order valence-electron chi connectivity index (χ1n) is 14.1. The van der Waals surface area contributed by atoms with Crippen LogP contribution >= 0.6 is 11.8 Å². The average Bonchev–Trinajstić information content (AvgIpc) is 3.46. The lowest BCUT2D eigenvalue weighted by Crippen LogP contribution is -2.63. The number of carboxylic acids is 2. The first kappa shape index (κ1) is 30.6. The summed E-state index contributed by atoms with van der Waals surface area (Å²) in [6.07, 6.45) is -0.489. The second kappa shape index (κ2) is 12.0. The second-order valence-corrected chi connectivity index (χ2v) is 12.7. The quantitative estimate of drug-likeness (QED) is 0.295. The van der Waals surface area contributed by atoms with Gasteiger partial charge in [0.2, 0.25) is 11.8 Å². The van der Waals surface area contributed by atoms with Gasteiger partial charge in [0.15, 0.2) is 0 Å². The number of ether oxygens (including phenoxy) is 1. The van der Waals surface area contributed by atoms with Crippen molar-refractivity contribution in [3.05, 3.63) is 69.8 Å². The van der Waals surface area contributed by atoms with Crippen molar-refractivity contribution in [3.8, 4) is 5.75 Å². The number of amides is 2. The van der Waals surface area contributed by atoms with Gasteiger partial charge in [-0.2, -0.15) is 0 Å². The molecular weight excluding hydrogens is 574 g/mol. The second-order valence-electron chi connectivity index (χ2n) is 11.4. The molecule has 228 valence electrons. The predicted molar refractivity (Wildman–Crippen MR) is 160 cm³/mol. The molecule has 3 aliphatic heterocycles. The number of hydrogen-bond donors (Lipinski definition) is 4. The number of aliphatic hydroxyl groups is 1. The number of hydrogen-bond acceptors (Lipinski definition) is 8. The van der Waals surface area contributed by atoms with Crippen LogP contribution in [0.4, 0.5) is 5.69 Å². The van der Waals surface area contributed by atoms with Gasteiger partial charge in [-0.3, -0.25) is 14.5 Å². The van der Waals surface area contributed by atoms with Crippen molar-refractivity contribution in [3.63, 3.8) is 0 Å². The van der Waals surface area contributed by atoms with Gasteiger partial charge in [0, 0.05) is 34.8 Å². The van der Waals surface area contributed by atoms with Crippen LogP contribution < -0.4 is 10.1 Å². The molecule has 0 spiro atoms. The summed E-state index contributed by atoms with van der Waals surface area (Å²) >= 11 is 1.38. The van der Waals surface area contributed by atoms with E-state index in [0.717, 1.165) is 16.9 Å². The number of rotatable bonds is 10. The van der Waals surface area contributed by atoms with Crippen LogP contribution in [0.15, 0.2) is 53.1 Å². The van der Waals surface area contributed by atoms with Gasteiger partial charge < -0.3 is 30.3 Å². The van der Waals surface area contributed by atoms with E-state index in [-0.39, 0.29) is 34.2 Å². The summed E-state index contributed by atoms with van der Waals surface area (Å²) in [6, 6.07) is 10.9. The van der Waals surface area contributed by atoms with E-state index in [4.69, 9.17) is 4.74 Å². The van der Waals surface area contributed by atoms with Crippen molar-refractivity contribution in [1.82, 2.24) is 9.80 Å². The van der Waals surface area contributed by atoms with Crippen molar-refractivity contribution in [2.24, 2.45) is 11.8 Å². The molecule has 0 radical (unpaired) electrons. The summed E-state index contributed by atoms with van der Waals surface area (Å²) in [5.41, 5.74) is 2.29. The zero-order valence-corrected chi connectivity index (χ0v) is 25.1. The Hall–Kier alpha value is -3.87. The van der Waals surface area contributed by atoms with Crippen LogP contribution in [0.25, 0.3) is 0 Å². The minimum Gasteiger partial charge on any atom is -0.496 e. The lowest BCUT2D eigenvalue weighted by Gasteiger charge is -2.46. The van der Waals surface area contributed by atoms with E-state index in [1.54, 1.807) is 26.2 Å². The summed E-state index contributed by atoms with van der Waals surface area (Å²) in [5, 5.41) is 32.3. The molecule has 0 bridgehead atoms. The number of thioether (sulfide) groups is 1. The Kier molecular flexibility index (Phi) is 8.55. The van der Waals surface area contributed by atoms with Crippen LogP contribution in [0, 0.1) is 18.8 Å². The molecule has 0 unspecified atom stereocenters. The van der Waals surface area contributed by atoms with Crippen LogP contribution in [0.5, 0.6) is 5.75 Å². The van der Waals surface area contributed by atoms with E-state index in [9.17, 15) is 34.5 Å². The Morgan fingerprint density at radius 1 is 1.14 bits per heavy atom. The molecule has 12 heteroatoms. The highest BCUT2D eigenvalue weighted by Crippen LogP contribution is 2.52. The molecule has 5 rings (SSSR count). The Labute approximate surface area is 253 Å². The summed E-state index contributed by atoms with van der Waals surface area (Å²) in [4.78, 5) is 54.1. The standard InChI is InChI=1S/C31H35N3O8S/c1-15-8-9-18(10-23(15)42-4)13-33-14-21(12-22(33)28(36)32-20-7-5-6-19(11-20)30(38)39)43-27-16(2)25-24(17(3)35)29(37)34(25)26(27)31(40)41/h5-11,16-17,21-22,24-25,35H,12-14H2,1-4H3,(H,32,36)(H,38,39)(H,40,41)/t16-,17-,21+,22+,24-,25-/m1/s1. The zero-order valence-electron chi connectivity index (χ0n) is 24.3. The number of aliphatic carboxylic acids is 1. The molecule has 2 aromatic rings. The van der Waals surface area contributed by atoms with Gasteiger partial charge in [-0.05, 0) is 55.7 Å². The number of aryl methyl sites for hydroxylation is 1. The molecule has 3 aliphatic rings. The van der Waals surface area contributed by atoms with Crippen LogP contribution in [-0.2, 0) is 20.9 Å². The SMILES string of the molecule is COc1cc(CN2C[C@@H](SC3=C(C(=O)O)N4C(=O)[C@H]([C@@H](C)O)[C@H]4[C@H]3C)C[C@H]2C(=O)Nc2cccc(C(=O)O)c2)ccc1C. The van der Waals surface area contributed by atoms with Gasteiger partial charge in [-0.1, -0.05) is 25.1 Å². The number of nitrogens with zero attached hydrogens (tertiary/aromatic N) is 2. The van der Waals surface area contributed by atoms with E-state index in [2.05, 4.69) is 5.32 Å². The van der Waals surface area contributed by atoms with E-state index in [0.29, 0.717) is 30.1 Å². The van der Waals surface area contributed by atoms with Gasteiger partial charge in [-0.15, -0.1) is 11.8 Å². The summed E-state index contributed by atoms with van der Waals surface area (Å²) in [7, 11) is 1.60. The van der Waals surface area contributed by atoms with Crippen molar-refractivity contribution in [1.29, 1.82) is 0 Å². The maximum Gasteiger partial charge on any atom is 0.353 e. The van der Waals surface area contributed by atoms with Crippen LogP contribution in [-0.4, -0.2) is 86.0 Å². The summed E-state index contributed by atoms with van der Waals surface area (Å²) in [6.45, 7) is 6.26. The first-order valence-corrected chi connectivity index (χ1v) is 15.0. The highest BCUT2D eigenvalue weighted by atomic mass is 32.2. The molecule has 6 atom stereocenters. The number of carboxylic acid groups (broad SMARTS) is 2. The van der Waals surface area contributed by atoms with Gasteiger partial charge in [0.25, 0.3) is 0 Å². The number of aromatic carboxylic acids is 1. The van der Waals surface area contributed by atoms with Gasteiger partial charge in [0.1, 0.15) is 11.4 Å². The fourth-order valence-corrected chi connectivity index (χ4v) is 7.96. The molecule has 2 aromatic carbocycles. The van der Waals surface area contributed by atoms with E-state index < -0.39 is 36.0 Å². The molecule has 43 heavy (non-hydrogen) atoms. The molecule has 0 saturated carbocycles. The fourth-order valence-electron chi connectivity index (χ4n) is 6.41. The number of likely N-dealkylation sites (tertiary alicyclic amines) is 1. The molecule has 4 N–H and O–H groups in total. The minimum absolute atomic E-state index is 0.0439. The van der Waals surface area contributed by atoms with Crippen LogP contribution in [0.3, 0.4) is 0 Å². The van der Waals surface area contributed by atoms with Gasteiger partial charge >= 0.3 is 11.9 Å². The molecule has 3 heterocycles.